The molecule has 0 spiro atoms. The SMILES string of the molecule is CS(=O)(=O)OCCC1COCCN1c1cc(Br)cc(F)n1. The summed E-state index contributed by atoms with van der Waals surface area (Å²) in [4.78, 5) is 5.79. The maximum atomic E-state index is 13.4. The third-order valence-corrected chi connectivity index (χ3v) is 4.07. The smallest absolute Gasteiger partial charge is 0.264 e. The molecule has 1 aromatic heterocycles. The van der Waals surface area contributed by atoms with Gasteiger partial charge in [-0.3, -0.25) is 4.18 Å². The molecule has 0 N–H and O–H groups in total. The quantitative estimate of drug-likeness (QED) is 0.568. The van der Waals surface area contributed by atoms with Crippen LogP contribution in [0.15, 0.2) is 16.6 Å². The number of halogens is 2. The average Bonchev–Trinajstić information content (AvgIpc) is 2.36. The molecule has 1 atom stereocenters. The van der Waals surface area contributed by atoms with Crippen LogP contribution in [0.4, 0.5) is 10.2 Å². The lowest BCUT2D eigenvalue weighted by Gasteiger charge is -2.36. The van der Waals surface area contributed by atoms with Crippen LogP contribution in [0.2, 0.25) is 0 Å². The third-order valence-electron chi connectivity index (χ3n) is 3.02. The number of morpholine rings is 1. The van der Waals surface area contributed by atoms with Crippen molar-refractivity contribution in [3.8, 4) is 0 Å². The van der Waals surface area contributed by atoms with Crippen LogP contribution < -0.4 is 4.90 Å². The lowest BCUT2D eigenvalue weighted by atomic mass is 10.1. The standard InChI is InChI=1S/C12H16BrFN2O4S/c1-21(17,18)20-4-2-10-8-19-5-3-16(10)12-7-9(13)6-11(14)15-12/h6-7,10H,2-5,8H2,1H3. The summed E-state index contributed by atoms with van der Waals surface area (Å²) in [5, 5.41) is 0. The Labute approximate surface area is 131 Å². The molecule has 1 saturated heterocycles. The first kappa shape index (κ1) is 16.6. The van der Waals surface area contributed by atoms with Crippen molar-refractivity contribution in [2.45, 2.75) is 12.5 Å². The van der Waals surface area contributed by atoms with Crippen LogP contribution in [0.5, 0.6) is 0 Å². The minimum Gasteiger partial charge on any atom is -0.377 e. The number of hydrogen-bond acceptors (Lipinski definition) is 6. The fraction of sp³-hybridized carbons (Fsp3) is 0.583. The van der Waals surface area contributed by atoms with Crippen molar-refractivity contribution in [3.05, 3.63) is 22.6 Å². The van der Waals surface area contributed by atoms with E-state index in [0.29, 0.717) is 36.5 Å². The first-order valence-corrected chi connectivity index (χ1v) is 8.98. The number of anilines is 1. The van der Waals surface area contributed by atoms with Crippen LogP contribution in [0.1, 0.15) is 6.42 Å². The first-order valence-electron chi connectivity index (χ1n) is 6.37. The van der Waals surface area contributed by atoms with Gasteiger partial charge in [-0.25, -0.2) is 4.98 Å². The second-order valence-corrected chi connectivity index (χ2v) is 7.26. The molecule has 0 aliphatic carbocycles. The van der Waals surface area contributed by atoms with E-state index in [2.05, 4.69) is 20.9 Å². The molecule has 1 aromatic rings. The van der Waals surface area contributed by atoms with Gasteiger partial charge in [0.1, 0.15) is 5.82 Å². The molecule has 0 amide bonds. The molecule has 0 radical (unpaired) electrons. The molecule has 0 bridgehead atoms. The molecular weight excluding hydrogens is 367 g/mol. The van der Waals surface area contributed by atoms with Crippen LogP contribution in [0.25, 0.3) is 0 Å². The van der Waals surface area contributed by atoms with E-state index in [0.717, 1.165) is 6.26 Å². The minimum absolute atomic E-state index is 0.0554. The third kappa shape index (κ3) is 5.17. The predicted octanol–water partition coefficient (Wildman–Crippen LogP) is 1.55. The normalized spacial score (nSPS) is 19.8. The van der Waals surface area contributed by atoms with Gasteiger partial charge >= 0.3 is 0 Å². The average molecular weight is 383 g/mol. The van der Waals surface area contributed by atoms with Crippen molar-refractivity contribution < 1.29 is 21.7 Å². The Kier molecular flexibility index (Phi) is 5.53. The van der Waals surface area contributed by atoms with Crippen molar-refractivity contribution in [2.75, 3.05) is 37.5 Å². The Hall–Kier alpha value is -0.770. The molecule has 6 nitrogen and oxygen atoms in total. The van der Waals surface area contributed by atoms with Gasteiger partial charge in [-0.1, -0.05) is 15.9 Å². The first-order chi connectivity index (χ1) is 9.85. The predicted molar refractivity (Wildman–Crippen MR) is 79.3 cm³/mol. The fourth-order valence-corrected chi connectivity index (χ4v) is 2.92. The zero-order valence-corrected chi connectivity index (χ0v) is 13.9. The van der Waals surface area contributed by atoms with E-state index in [1.165, 1.54) is 6.07 Å². The molecule has 1 unspecified atom stereocenters. The highest BCUT2D eigenvalue weighted by Gasteiger charge is 2.25. The van der Waals surface area contributed by atoms with E-state index in [4.69, 9.17) is 8.92 Å². The highest BCUT2D eigenvalue weighted by molar-refractivity contribution is 9.10. The van der Waals surface area contributed by atoms with Gasteiger partial charge in [-0.15, -0.1) is 0 Å². The minimum atomic E-state index is -3.46. The highest BCUT2D eigenvalue weighted by Crippen LogP contribution is 2.23. The molecule has 2 heterocycles. The van der Waals surface area contributed by atoms with Gasteiger partial charge in [-0.05, 0) is 12.5 Å². The lowest BCUT2D eigenvalue weighted by Crippen LogP contribution is -2.46. The Bertz CT molecular complexity index is 579. The zero-order valence-electron chi connectivity index (χ0n) is 11.5. The Morgan fingerprint density at radius 1 is 1.57 bits per heavy atom. The van der Waals surface area contributed by atoms with Crippen molar-refractivity contribution in [1.29, 1.82) is 0 Å². The van der Waals surface area contributed by atoms with Gasteiger partial charge in [0.2, 0.25) is 5.95 Å². The highest BCUT2D eigenvalue weighted by atomic mass is 79.9. The summed E-state index contributed by atoms with van der Waals surface area (Å²) in [7, 11) is -3.46. The van der Waals surface area contributed by atoms with Gasteiger partial charge < -0.3 is 9.64 Å². The molecule has 1 fully saturated rings. The monoisotopic (exact) mass is 382 g/mol. The topological polar surface area (TPSA) is 68.7 Å². The fourth-order valence-electron chi connectivity index (χ4n) is 2.13. The summed E-state index contributed by atoms with van der Waals surface area (Å²) in [6, 6.07) is 2.89. The zero-order chi connectivity index (χ0) is 15.5. The molecule has 1 aliphatic heterocycles. The molecule has 2 rings (SSSR count). The Balaban J connectivity index is 2.07. The van der Waals surface area contributed by atoms with Crippen molar-refractivity contribution in [2.24, 2.45) is 0 Å². The van der Waals surface area contributed by atoms with E-state index in [9.17, 15) is 12.8 Å². The number of pyridine rings is 1. The molecule has 0 saturated carbocycles. The number of hydrogen-bond donors (Lipinski definition) is 0. The van der Waals surface area contributed by atoms with Crippen LogP contribution in [0, 0.1) is 5.95 Å². The van der Waals surface area contributed by atoms with Crippen LogP contribution in [0.3, 0.4) is 0 Å². The second-order valence-electron chi connectivity index (χ2n) is 4.70. The second kappa shape index (κ2) is 6.99. The number of nitrogens with zero attached hydrogens (tertiary/aromatic N) is 2. The molecule has 118 valence electrons. The van der Waals surface area contributed by atoms with Crippen LogP contribution >= 0.6 is 15.9 Å². The summed E-state index contributed by atoms with van der Waals surface area (Å²) in [6.07, 6.45) is 1.45. The van der Waals surface area contributed by atoms with E-state index < -0.39 is 16.1 Å². The van der Waals surface area contributed by atoms with Crippen molar-refractivity contribution >= 4 is 31.9 Å². The number of aromatic nitrogens is 1. The van der Waals surface area contributed by atoms with E-state index in [1.807, 2.05) is 4.90 Å². The lowest BCUT2D eigenvalue weighted by molar-refractivity contribution is 0.0863. The summed E-state index contributed by atoms with van der Waals surface area (Å²) in [5.41, 5.74) is 0. The van der Waals surface area contributed by atoms with E-state index in [1.54, 1.807) is 6.07 Å². The Morgan fingerprint density at radius 2 is 2.33 bits per heavy atom. The van der Waals surface area contributed by atoms with Crippen LogP contribution in [-0.2, 0) is 19.0 Å². The summed E-state index contributed by atoms with van der Waals surface area (Å²) >= 11 is 3.24. The summed E-state index contributed by atoms with van der Waals surface area (Å²) in [6.45, 7) is 1.55. The Morgan fingerprint density at radius 3 is 3.00 bits per heavy atom. The summed E-state index contributed by atoms with van der Waals surface area (Å²) < 4.78 is 46.1. The van der Waals surface area contributed by atoms with Gasteiger partial charge in [0.05, 0.1) is 32.1 Å². The van der Waals surface area contributed by atoms with Crippen LogP contribution in [-0.4, -0.2) is 52.1 Å². The van der Waals surface area contributed by atoms with Gasteiger partial charge in [0.15, 0.2) is 0 Å². The maximum absolute atomic E-state index is 13.4. The summed E-state index contributed by atoms with van der Waals surface area (Å²) in [5.74, 6) is -0.0773. The van der Waals surface area contributed by atoms with Gasteiger partial charge in [0.25, 0.3) is 10.1 Å². The van der Waals surface area contributed by atoms with E-state index in [-0.39, 0.29) is 12.6 Å². The maximum Gasteiger partial charge on any atom is 0.264 e. The van der Waals surface area contributed by atoms with Gasteiger partial charge in [0, 0.05) is 17.1 Å². The van der Waals surface area contributed by atoms with Gasteiger partial charge in [-0.2, -0.15) is 12.8 Å². The number of rotatable bonds is 5. The molecule has 1 aliphatic rings. The van der Waals surface area contributed by atoms with Crippen molar-refractivity contribution in [3.63, 3.8) is 0 Å². The molecular formula is C12H16BrFN2O4S. The largest absolute Gasteiger partial charge is 0.377 e. The van der Waals surface area contributed by atoms with E-state index >= 15 is 0 Å². The molecule has 9 heteroatoms. The molecule has 21 heavy (non-hydrogen) atoms. The molecule has 0 aromatic carbocycles. The van der Waals surface area contributed by atoms with Crippen molar-refractivity contribution in [1.82, 2.24) is 4.98 Å². The number of ether oxygens (including phenoxy) is 1.